The van der Waals surface area contributed by atoms with E-state index in [2.05, 4.69) is 29.2 Å². The summed E-state index contributed by atoms with van der Waals surface area (Å²) in [5.74, 6) is -0.290. The summed E-state index contributed by atoms with van der Waals surface area (Å²) in [5.41, 5.74) is 9.13. The van der Waals surface area contributed by atoms with Crippen LogP contribution in [0, 0.1) is 6.92 Å². The van der Waals surface area contributed by atoms with Gasteiger partial charge >= 0.3 is 0 Å². The number of thiazole rings is 1. The minimum atomic E-state index is -0.290. The maximum absolute atomic E-state index is 11.1. The zero-order valence-electron chi connectivity index (χ0n) is 12.0. The van der Waals surface area contributed by atoms with Crippen LogP contribution in [-0.2, 0) is 17.6 Å². The van der Waals surface area contributed by atoms with Crippen LogP contribution in [0.15, 0.2) is 28.6 Å². The number of aromatic nitrogens is 1. The molecule has 1 aromatic heterocycles. The standard InChI is InChI=1S/C16H18N2OS2/c1-10-14(9-15(17)19)21-16(18-10)20-13-8-4-6-11-5-2-3-7-12(11)13/h2-3,5,7,13H,4,6,8-9H2,1H3,(H2,17,19). The fourth-order valence-corrected chi connectivity index (χ4v) is 5.45. The smallest absolute Gasteiger partial charge is 0.222 e. The van der Waals surface area contributed by atoms with Crippen molar-refractivity contribution >= 4 is 29.0 Å². The number of primary amides is 1. The number of hydrogen-bond acceptors (Lipinski definition) is 4. The first kappa shape index (κ1) is 14.6. The van der Waals surface area contributed by atoms with Crippen molar-refractivity contribution in [3.05, 3.63) is 46.0 Å². The van der Waals surface area contributed by atoms with E-state index in [0.29, 0.717) is 11.7 Å². The molecule has 0 fully saturated rings. The van der Waals surface area contributed by atoms with Crippen molar-refractivity contribution in [1.82, 2.24) is 4.98 Å². The molecule has 0 aliphatic heterocycles. The second kappa shape index (κ2) is 6.20. The molecular weight excluding hydrogens is 300 g/mol. The van der Waals surface area contributed by atoms with E-state index >= 15 is 0 Å². The van der Waals surface area contributed by atoms with Crippen molar-refractivity contribution in [1.29, 1.82) is 0 Å². The monoisotopic (exact) mass is 318 g/mol. The van der Waals surface area contributed by atoms with Crippen molar-refractivity contribution in [3.8, 4) is 0 Å². The Kier molecular flexibility index (Phi) is 4.31. The summed E-state index contributed by atoms with van der Waals surface area (Å²) >= 11 is 3.43. The molecule has 0 saturated carbocycles. The second-order valence-corrected chi connectivity index (χ2v) is 7.86. The van der Waals surface area contributed by atoms with E-state index in [1.54, 1.807) is 11.3 Å². The molecule has 1 amide bonds. The molecule has 1 aliphatic rings. The van der Waals surface area contributed by atoms with E-state index in [4.69, 9.17) is 5.73 Å². The van der Waals surface area contributed by atoms with Crippen molar-refractivity contribution in [3.63, 3.8) is 0 Å². The number of hydrogen-bond donors (Lipinski definition) is 1. The topological polar surface area (TPSA) is 56.0 Å². The van der Waals surface area contributed by atoms with Gasteiger partial charge in [0.15, 0.2) is 4.34 Å². The molecule has 1 atom stereocenters. The van der Waals surface area contributed by atoms with E-state index in [1.807, 2.05) is 18.7 Å². The Morgan fingerprint density at radius 2 is 2.29 bits per heavy atom. The van der Waals surface area contributed by atoms with Gasteiger partial charge in [0.25, 0.3) is 0 Å². The predicted octanol–water partition coefficient (Wildman–Crippen LogP) is 3.65. The summed E-state index contributed by atoms with van der Waals surface area (Å²) < 4.78 is 1.05. The molecule has 0 saturated heterocycles. The van der Waals surface area contributed by atoms with Crippen LogP contribution < -0.4 is 5.73 Å². The van der Waals surface area contributed by atoms with Crippen LogP contribution in [0.5, 0.6) is 0 Å². The zero-order valence-corrected chi connectivity index (χ0v) is 13.6. The van der Waals surface area contributed by atoms with Gasteiger partial charge in [-0.3, -0.25) is 4.79 Å². The van der Waals surface area contributed by atoms with E-state index in [9.17, 15) is 4.79 Å². The molecular formula is C16H18N2OS2. The number of fused-ring (bicyclic) bond motifs is 1. The molecule has 3 nitrogen and oxygen atoms in total. The van der Waals surface area contributed by atoms with E-state index in [1.165, 1.54) is 30.4 Å². The largest absolute Gasteiger partial charge is 0.369 e. The first-order valence-electron chi connectivity index (χ1n) is 7.12. The zero-order chi connectivity index (χ0) is 14.8. The fraction of sp³-hybridized carbons (Fsp3) is 0.375. The van der Waals surface area contributed by atoms with E-state index < -0.39 is 0 Å². The molecule has 2 aromatic rings. The molecule has 1 aromatic carbocycles. The minimum Gasteiger partial charge on any atom is -0.369 e. The second-order valence-electron chi connectivity index (χ2n) is 5.33. The molecule has 1 aliphatic carbocycles. The average Bonchev–Trinajstić information content (AvgIpc) is 2.78. The van der Waals surface area contributed by atoms with Gasteiger partial charge in [0.2, 0.25) is 5.91 Å². The molecule has 2 N–H and O–H groups in total. The third kappa shape index (κ3) is 3.30. The molecule has 0 bridgehead atoms. The number of nitrogens with two attached hydrogens (primary N) is 1. The highest BCUT2D eigenvalue weighted by molar-refractivity contribution is 8.01. The lowest BCUT2D eigenvalue weighted by Crippen LogP contribution is -2.13. The Hall–Kier alpha value is -1.33. The normalized spacial score (nSPS) is 17.5. The lowest BCUT2D eigenvalue weighted by atomic mass is 9.91. The van der Waals surface area contributed by atoms with Crippen LogP contribution in [-0.4, -0.2) is 10.9 Å². The Bertz CT molecular complexity index is 666. The molecule has 1 unspecified atom stereocenters. The SMILES string of the molecule is Cc1nc(SC2CCCc3ccccc32)sc1CC(N)=O. The molecule has 0 spiro atoms. The van der Waals surface area contributed by atoms with Gasteiger partial charge < -0.3 is 5.73 Å². The molecule has 110 valence electrons. The Balaban J connectivity index is 1.80. The average molecular weight is 318 g/mol. The lowest BCUT2D eigenvalue weighted by molar-refractivity contribution is -0.117. The van der Waals surface area contributed by atoms with Crippen LogP contribution in [0.4, 0.5) is 0 Å². The summed E-state index contributed by atoms with van der Waals surface area (Å²) in [6, 6.07) is 8.69. The van der Waals surface area contributed by atoms with Crippen LogP contribution in [0.3, 0.4) is 0 Å². The van der Waals surface area contributed by atoms with Gasteiger partial charge in [-0.15, -0.1) is 11.3 Å². The first-order valence-corrected chi connectivity index (χ1v) is 8.82. The number of aryl methyl sites for hydroxylation is 2. The van der Waals surface area contributed by atoms with E-state index in [-0.39, 0.29) is 5.91 Å². The molecule has 1 heterocycles. The van der Waals surface area contributed by atoms with Gasteiger partial charge in [-0.05, 0) is 37.3 Å². The summed E-state index contributed by atoms with van der Waals surface area (Å²) in [7, 11) is 0. The summed E-state index contributed by atoms with van der Waals surface area (Å²) in [5, 5.41) is 0.474. The number of benzene rings is 1. The lowest BCUT2D eigenvalue weighted by Gasteiger charge is -2.24. The maximum Gasteiger partial charge on any atom is 0.222 e. The van der Waals surface area contributed by atoms with Gasteiger partial charge in [0.1, 0.15) is 0 Å². The van der Waals surface area contributed by atoms with Crippen molar-refractivity contribution in [2.45, 2.75) is 42.2 Å². The highest BCUT2D eigenvalue weighted by atomic mass is 32.2. The van der Waals surface area contributed by atoms with Crippen LogP contribution >= 0.6 is 23.1 Å². The van der Waals surface area contributed by atoms with Gasteiger partial charge in [-0.2, -0.15) is 0 Å². The number of rotatable bonds is 4. The summed E-state index contributed by atoms with van der Waals surface area (Å²) in [6.07, 6.45) is 3.89. The van der Waals surface area contributed by atoms with E-state index in [0.717, 1.165) is 14.9 Å². The third-order valence-corrected chi connectivity index (χ3v) is 6.32. The number of amides is 1. The third-order valence-electron chi connectivity index (χ3n) is 3.77. The molecule has 0 radical (unpaired) electrons. The van der Waals surface area contributed by atoms with Crippen LogP contribution in [0.25, 0.3) is 0 Å². The van der Waals surface area contributed by atoms with Gasteiger partial charge in [-0.1, -0.05) is 36.0 Å². The maximum atomic E-state index is 11.1. The summed E-state index contributed by atoms with van der Waals surface area (Å²) in [6.45, 7) is 1.95. The van der Waals surface area contributed by atoms with Crippen molar-refractivity contribution < 1.29 is 4.79 Å². The minimum absolute atomic E-state index is 0.290. The van der Waals surface area contributed by atoms with Crippen LogP contribution in [0.2, 0.25) is 0 Å². The number of thioether (sulfide) groups is 1. The Morgan fingerprint density at radius 3 is 3.10 bits per heavy atom. The number of nitrogens with zero attached hydrogens (tertiary/aromatic N) is 1. The summed E-state index contributed by atoms with van der Waals surface area (Å²) in [4.78, 5) is 16.7. The molecule has 5 heteroatoms. The van der Waals surface area contributed by atoms with Gasteiger partial charge in [0.05, 0.1) is 12.1 Å². The number of carbonyl (C=O) groups excluding carboxylic acids is 1. The predicted molar refractivity (Wildman–Crippen MR) is 87.7 cm³/mol. The first-order chi connectivity index (χ1) is 10.1. The number of carbonyl (C=O) groups is 1. The highest BCUT2D eigenvalue weighted by Gasteiger charge is 2.22. The highest BCUT2D eigenvalue weighted by Crippen LogP contribution is 2.44. The van der Waals surface area contributed by atoms with Gasteiger partial charge in [-0.25, -0.2) is 4.98 Å². The van der Waals surface area contributed by atoms with Crippen LogP contribution in [0.1, 0.15) is 39.8 Å². The molecule has 3 rings (SSSR count). The molecule has 21 heavy (non-hydrogen) atoms. The fourth-order valence-electron chi connectivity index (χ4n) is 2.73. The quantitative estimate of drug-likeness (QED) is 0.936. The Labute approximate surface area is 133 Å². The Morgan fingerprint density at radius 1 is 1.48 bits per heavy atom. The van der Waals surface area contributed by atoms with Gasteiger partial charge in [0, 0.05) is 10.1 Å². The van der Waals surface area contributed by atoms with Crippen molar-refractivity contribution in [2.75, 3.05) is 0 Å². The van der Waals surface area contributed by atoms with Crippen molar-refractivity contribution in [2.24, 2.45) is 5.73 Å².